The topological polar surface area (TPSA) is 88.3 Å². The number of imide groups is 1. The Kier molecular flexibility index (Phi) is 2.84. The van der Waals surface area contributed by atoms with Crippen LogP contribution in [0.25, 0.3) is 0 Å². The molecule has 1 atom stereocenters. The average molecular weight is 224 g/mol. The first-order valence-electron chi connectivity index (χ1n) is 5.02. The van der Waals surface area contributed by atoms with E-state index in [9.17, 15) is 9.59 Å². The van der Waals surface area contributed by atoms with Crippen molar-refractivity contribution in [1.82, 2.24) is 20.4 Å². The summed E-state index contributed by atoms with van der Waals surface area (Å²) in [5, 5.41) is 5.76. The van der Waals surface area contributed by atoms with Gasteiger partial charge in [0.25, 0.3) is 0 Å². The summed E-state index contributed by atoms with van der Waals surface area (Å²) in [6.07, 6.45) is 1.81. The molecule has 1 unspecified atom stereocenters. The minimum atomic E-state index is -0.359. The lowest BCUT2D eigenvalue weighted by molar-refractivity contribution is -0.125. The van der Waals surface area contributed by atoms with Crippen LogP contribution >= 0.6 is 0 Å². The number of amides is 3. The third-order valence-electron chi connectivity index (χ3n) is 2.46. The summed E-state index contributed by atoms with van der Waals surface area (Å²) in [7, 11) is 0. The lowest BCUT2D eigenvalue weighted by atomic mass is 10.1. The van der Waals surface area contributed by atoms with Crippen molar-refractivity contribution in [2.24, 2.45) is 5.92 Å². The second-order valence-corrected chi connectivity index (χ2v) is 3.73. The molecule has 1 aromatic heterocycles. The van der Waals surface area contributed by atoms with Crippen LogP contribution in [0.2, 0.25) is 0 Å². The summed E-state index contributed by atoms with van der Waals surface area (Å²) in [6.45, 7) is 2.67. The fraction of sp³-hybridized carbons (Fsp3) is 0.556. The molecule has 0 radical (unpaired) electrons. The van der Waals surface area contributed by atoms with Crippen molar-refractivity contribution in [2.75, 3.05) is 13.1 Å². The summed E-state index contributed by atoms with van der Waals surface area (Å²) < 4.78 is 4.82. The Labute approximate surface area is 91.8 Å². The van der Waals surface area contributed by atoms with Gasteiger partial charge >= 0.3 is 6.03 Å². The highest BCUT2D eigenvalue weighted by Crippen LogP contribution is 2.08. The maximum atomic E-state index is 11.4. The van der Waals surface area contributed by atoms with E-state index in [1.165, 1.54) is 6.33 Å². The first kappa shape index (κ1) is 10.6. The molecular formula is C9H12N4O3. The minimum absolute atomic E-state index is 0.180. The number of nitrogens with zero attached hydrogens (tertiary/aromatic N) is 3. The van der Waals surface area contributed by atoms with Gasteiger partial charge < -0.3 is 9.42 Å². The molecule has 7 nitrogen and oxygen atoms in total. The van der Waals surface area contributed by atoms with Crippen molar-refractivity contribution >= 4 is 11.9 Å². The number of carbonyl (C=O) groups excluding carboxylic acids is 2. The number of hydrogen-bond donors (Lipinski definition) is 1. The van der Waals surface area contributed by atoms with Crippen LogP contribution in [0.3, 0.4) is 0 Å². The smallest absolute Gasteiger partial charge is 0.324 e. The molecule has 1 aliphatic heterocycles. The Morgan fingerprint density at radius 3 is 3.12 bits per heavy atom. The van der Waals surface area contributed by atoms with Gasteiger partial charge in [-0.1, -0.05) is 12.1 Å². The van der Waals surface area contributed by atoms with Crippen LogP contribution in [0.1, 0.15) is 12.8 Å². The molecule has 3 amide bonds. The molecule has 7 heteroatoms. The Morgan fingerprint density at radius 1 is 1.62 bits per heavy atom. The van der Waals surface area contributed by atoms with E-state index in [0.29, 0.717) is 25.4 Å². The lowest BCUT2D eigenvalue weighted by Gasteiger charge is -2.29. The van der Waals surface area contributed by atoms with E-state index in [0.717, 1.165) is 0 Å². The summed E-state index contributed by atoms with van der Waals surface area (Å²) in [5.41, 5.74) is 0. The summed E-state index contributed by atoms with van der Waals surface area (Å²) in [4.78, 5) is 28.0. The number of nitrogens with one attached hydrogen (secondary N) is 1. The van der Waals surface area contributed by atoms with Gasteiger partial charge in [-0.25, -0.2) is 4.79 Å². The van der Waals surface area contributed by atoms with E-state index in [-0.39, 0.29) is 17.9 Å². The molecule has 0 aliphatic carbocycles. The summed E-state index contributed by atoms with van der Waals surface area (Å²) in [5.74, 6) is 0.0804. The molecule has 1 aromatic rings. The number of carbonyl (C=O) groups is 2. The monoisotopic (exact) mass is 224 g/mol. The molecule has 0 aromatic carbocycles. The SMILES string of the molecule is CC1CN(CCc2ncno2)C(=O)NC1=O. The van der Waals surface area contributed by atoms with Gasteiger partial charge in [-0.15, -0.1) is 0 Å². The molecular weight excluding hydrogens is 212 g/mol. The van der Waals surface area contributed by atoms with Gasteiger partial charge in [0, 0.05) is 19.5 Å². The summed E-state index contributed by atoms with van der Waals surface area (Å²) >= 11 is 0. The van der Waals surface area contributed by atoms with E-state index >= 15 is 0 Å². The second kappa shape index (κ2) is 4.30. The molecule has 2 heterocycles. The van der Waals surface area contributed by atoms with E-state index < -0.39 is 0 Å². The number of rotatable bonds is 3. The van der Waals surface area contributed by atoms with Crippen LogP contribution in [0.5, 0.6) is 0 Å². The number of hydrogen-bond acceptors (Lipinski definition) is 5. The molecule has 1 N–H and O–H groups in total. The van der Waals surface area contributed by atoms with Crippen molar-refractivity contribution in [3.63, 3.8) is 0 Å². The lowest BCUT2D eigenvalue weighted by Crippen LogP contribution is -2.54. The van der Waals surface area contributed by atoms with E-state index in [4.69, 9.17) is 4.52 Å². The van der Waals surface area contributed by atoms with Gasteiger partial charge in [-0.2, -0.15) is 4.98 Å². The minimum Gasteiger partial charge on any atom is -0.340 e. The first-order valence-corrected chi connectivity index (χ1v) is 5.02. The number of urea groups is 1. The molecule has 1 fully saturated rings. The van der Waals surface area contributed by atoms with E-state index in [2.05, 4.69) is 15.5 Å². The highest BCUT2D eigenvalue weighted by Gasteiger charge is 2.28. The zero-order valence-electron chi connectivity index (χ0n) is 8.84. The Morgan fingerprint density at radius 2 is 2.44 bits per heavy atom. The highest BCUT2D eigenvalue weighted by molar-refractivity contribution is 5.97. The largest absolute Gasteiger partial charge is 0.340 e. The van der Waals surface area contributed by atoms with Crippen LogP contribution in [-0.4, -0.2) is 40.1 Å². The Balaban J connectivity index is 1.90. The standard InChI is InChI=1S/C9H12N4O3/c1-6-4-13(9(15)12-8(6)14)3-2-7-10-5-11-16-7/h5-6H,2-4H2,1H3,(H,12,14,15). The maximum absolute atomic E-state index is 11.4. The molecule has 1 aliphatic rings. The van der Waals surface area contributed by atoms with Crippen LogP contribution in [0.15, 0.2) is 10.9 Å². The first-order chi connectivity index (χ1) is 7.66. The van der Waals surface area contributed by atoms with Gasteiger partial charge in [-0.3, -0.25) is 10.1 Å². The number of aromatic nitrogens is 2. The van der Waals surface area contributed by atoms with Gasteiger partial charge in [0.2, 0.25) is 11.8 Å². The van der Waals surface area contributed by atoms with E-state index in [1.807, 2.05) is 0 Å². The second-order valence-electron chi connectivity index (χ2n) is 3.73. The average Bonchev–Trinajstić information content (AvgIpc) is 2.74. The van der Waals surface area contributed by atoms with Crippen LogP contribution in [0, 0.1) is 5.92 Å². The molecule has 0 bridgehead atoms. The van der Waals surface area contributed by atoms with Crippen molar-refractivity contribution in [3.8, 4) is 0 Å². The van der Waals surface area contributed by atoms with Crippen molar-refractivity contribution in [1.29, 1.82) is 0 Å². The van der Waals surface area contributed by atoms with Crippen LogP contribution in [0.4, 0.5) is 4.79 Å². The quantitative estimate of drug-likeness (QED) is 0.768. The maximum Gasteiger partial charge on any atom is 0.324 e. The zero-order valence-corrected chi connectivity index (χ0v) is 8.84. The van der Waals surface area contributed by atoms with Gasteiger partial charge in [0.15, 0.2) is 6.33 Å². The van der Waals surface area contributed by atoms with Crippen molar-refractivity contribution in [2.45, 2.75) is 13.3 Å². The van der Waals surface area contributed by atoms with Gasteiger partial charge in [0.05, 0.1) is 5.92 Å². The molecule has 86 valence electrons. The van der Waals surface area contributed by atoms with Crippen molar-refractivity contribution < 1.29 is 14.1 Å². The fourth-order valence-electron chi connectivity index (χ4n) is 1.53. The Hall–Kier alpha value is -1.92. The molecule has 16 heavy (non-hydrogen) atoms. The van der Waals surface area contributed by atoms with Gasteiger partial charge in [-0.05, 0) is 0 Å². The third kappa shape index (κ3) is 2.18. The van der Waals surface area contributed by atoms with Crippen LogP contribution < -0.4 is 5.32 Å². The van der Waals surface area contributed by atoms with Crippen LogP contribution in [-0.2, 0) is 11.2 Å². The summed E-state index contributed by atoms with van der Waals surface area (Å²) in [6, 6.07) is -0.359. The molecule has 2 rings (SSSR count). The van der Waals surface area contributed by atoms with Crippen molar-refractivity contribution in [3.05, 3.63) is 12.2 Å². The molecule has 0 spiro atoms. The predicted molar refractivity (Wildman–Crippen MR) is 52.3 cm³/mol. The predicted octanol–water partition coefficient (Wildman–Crippen LogP) is -0.200. The highest BCUT2D eigenvalue weighted by atomic mass is 16.5. The zero-order chi connectivity index (χ0) is 11.5. The third-order valence-corrected chi connectivity index (χ3v) is 2.46. The fourth-order valence-corrected chi connectivity index (χ4v) is 1.53. The van der Waals surface area contributed by atoms with Gasteiger partial charge in [0.1, 0.15) is 0 Å². The molecule has 1 saturated heterocycles. The Bertz CT molecular complexity index is 389. The normalized spacial score (nSPS) is 21.1. The van der Waals surface area contributed by atoms with E-state index in [1.54, 1.807) is 11.8 Å². The molecule has 0 saturated carbocycles.